The Balaban J connectivity index is 2.20. The highest BCUT2D eigenvalue weighted by molar-refractivity contribution is 7.99. The highest BCUT2D eigenvalue weighted by atomic mass is 32.2. The first-order valence-corrected chi connectivity index (χ1v) is 6.04. The van der Waals surface area contributed by atoms with E-state index in [4.69, 9.17) is 0 Å². The second-order valence-electron chi connectivity index (χ2n) is 3.73. The van der Waals surface area contributed by atoms with Crippen LogP contribution in [-0.4, -0.2) is 16.6 Å². The molecule has 0 aliphatic carbocycles. The Morgan fingerprint density at radius 2 is 2.20 bits per heavy atom. The van der Waals surface area contributed by atoms with E-state index in [1.807, 2.05) is 0 Å². The Kier molecular flexibility index (Phi) is 3.26. The van der Waals surface area contributed by atoms with Gasteiger partial charge in [-0.25, -0.2) is 8.78 Å². The highest BCUT2D eigenvalue weighted by Gasteiger charge is 2.26. The lowest BCUT2D eigenvalue weighted by Gasteiger charge is -2.17. The van der Waals surface area contributed by atoms with E-state index in [1.54, 1.807) is 11.8 Å². The number of aliphatic hydroxyl groups excluding tert-OH is 1. The van der Waals surface area contributed by atoms with Crippen LogP contribution in [0.15, 0.2) is 18.2 Å². The summed E-state index contributed by atoms with van der Waals surface area (Å²) in [4.78, 5) is 0. The number of benzene rings is 1. The predicted octanol–water partition coefficient (Wildman–Crippen LogP) is 2.75. The van der Waals surface area contributed by atoms with Gasteiger partial charge in [0.25, 0.3) is 0 Å². The number of rotatable bonds is 2. The summed E-state index contributed by atoms with van der Waals surface area (Å²) in [6.45, 7) is 0. The van der Waals surface area contributed by atoms with Crippen LogP contribution in [0, 0.1) is 17.6 Å². The van der Waals surface area contributed by atoms with Crippen LogP contribution in [0.1, 0.15) is 18.1 Å². The van der Waals surface area contributed by atoms with Crippen molar-refractivity contribution in [3.05, 3.63) is 35.4 Å². The molecule has 1 heterocycles. The fourth-order valence-electron chi connectivity index (χ4n) is 1.80. The second kappa shape index (κ2) is 4.49. The lowest BCUT2D eigenvalue weighted by atomic mass is 9.95. The van der Waals surface area contributed by atoms with E-state index >= 15 is 0 Å². The zero-order valence-corrected chi connectivity index (χ0v) is 8.94. The minimum absolute atomic E-state index is 0.0926. The van der Waals surface area contributed by atoms with Crippen LogP contribution in [0.5, 0.6) is 0 Å². The molecular formula is C11H12F2OS. The topological polar surface area (TPSA) is 20.2 Å². The van der Waals surface area contributed by atoms with Crippen molar-refractivity contribution in [2.24, 2.45) is 5.92 Å². The number of hydrogen-bond acceptors (Lipinski definition) is 2. The summed E-state index contributed by atoms with van der Waals surface area (Å²) in [6.07, 6.45) is 0.0865. The van der Waals surface area contributed by atoms with Gasteiger partial charge in [-0.3, -0.25) is 0 Å². The molecule has 4 heteroatoms. The van der Waals surface area contributed by atoms with Gasteiger partial charge in [0.2, 0.25) is 0 Å². The first-order chi connectivity index (χ1) is 7.18. The molecule has 15 heavy (non-hydrogen) atoms. The molecule has 1 N–H and O–H groups in total. The fraction of sp³-hybridized carbons (Fsp3) is 0.455. The van der Waals surface area contributed by atoms with Crippen LogP contribution in [-0.2, 0) is 0 Å². The molecule has 0 saturated carbocycles. The second-order valence-corrected chi connectivity index (χ2v) is 4.88. The summed E-state index contributed by atoms with van der Waals surface area (Å²) in [7, 11) is 0. The van der Waals surface area contributed by atoms with Gasteiger partial charge < -0.3 is 5.11 Å². The van der Waals surface area contributed by atoms with E-state index in [1.165, 1.54) is 12.1 Å². The molecule has 1 aromatic carbocycles. The van der Waals surface area contributed by atoms with Gasteiger partial charge in [0.15, 0.2) is 0 Å². The molecule has 1 nitrogen and oxygen atoms in total. The molecule has 2 atom stereocenters. The van der Waals surface area contributed by atoms with Gasteiger partial charge in [0.05, 0.1) is 6.10 Å². The van der Waals surface area contributed by atoms with E-state index in [-0.39, 0.29) is 11.5 Å². The van der Waals surface area contributed by atoms with Gasteiger partial charge in [-0.2, -0.15) is 11.8 Å². The van der Waals surface area contributed by atoms with Crippen molar-refractivity contribution < 1.29 is 13.9 Å². The van der Waals surface area contributed by atoms with Gasteiger partial charge in [0, 0.05) is 11.6 Å². The summed E-state index contributed by atoms with van der Waals surface area (Å²) in [5.74, 6) is 0.682. The SMILES string of the molecule is OC(c1ccc(F)cc1F)C1CCSC1. The van der Waals surface area contributed by atoms with Crippen molar-refractivity contribution in [2.75, 3.05) is 11.5 Å². The first kappa shape index (κ1) is 10.9. The maximum absolute atomic E-state index is 13.3. The van der Waals surface area contributed by atoms with Crippen molar-refractivity contribution in [1.29, 1.82) is 0 Å². The lowest BCUT2D eigenvalue weighted by Crippen LogP contribution is -2.13. The Hall–Kier alpha value is -0.610. The van der Waals surface area contributed by atoms with Crippen LogP contribution >= 0.6 is 11.8 Å². The van der Waals surface area contributed by atoms with E-state index in [0.29, 0.717) is 0 Å². The predicted molar refractivity (Wildman–Crippen MR) is 56.7 cm³/mol. The molecule has 0 radical (unpaired) electrons. The Morgan fingerprint density at radius 3 is 2.80 bits per heavy atom. The molecule has 0 spiro atoms. The summed E-state index contributed by atoms with van der Waals surface area (Å²) in [5, 5.41) is 9.92. The smallest absolute Gasteiger partial charge is 0.131 e. The molecule has 1 aliphatic heterocycles. The largest absolute Gasteiger partial charge is 0.388 e. The highest BCUT2D eigenvalue weighted by Crippen LogP contribution is 2.34. The zero-order valence-electron chi connectivity index (χ0n) is 8.12. The zero-order chi connectivity index (χ0) is 10.8. The Bertz CT molecular complexity index is 350. The van der Waals surface area contributed by atoms with Crippen LogP contribution < -0.4 is 0 Å². The molecule has 2 unspecified atom stereocenters. The maximum Gasteiger partial charge on any atom is 0.131 e. The van der Waals surface area contributed by atoms with Gasteiger partial charge >= 0.3 is 0 Å². The molecule has 0 aromatic heterocycles. The quantitative estimate of drug-likeness (QED) is 0.843. The molecule has 1 fully saturated rings. The molecule has 1 aliphatic rings. The minimum atomic E-state index is -0.805. The van der Waals surface area contributed by atoms with E-state index in [0.717, 1.165) is 24.0 Å². The van der Waals surface area contributed by atoms with Gasteiger partial charge in [-0.15, -0.1) is 0 Å². The van der Waals surface area contributed by atoms with Gasteiger partial charge in [-0.05, 0) is 29.9 Å². The monoisotopic (exact) mass is 230 g/mol. The van der Waals surface area contributed by atoms with E-state index in [2.05, 4.69) is 0 Å². The van der Waals surface area contributed by atoms with Gasteiger partial charge in [0.1, 0.15) is 11.6 Å². The van der Waals surface area contributed by atoms with Crippen molar-refractivity contribution in [2.45, 2.75) is 12.5 Å². The minimum Gasteiger partial charge on any atom is -0.388 e. The van der Waals surface area contributed by atoms with Gasteiger partial charge in [-0.1, -0.05) is 6.07 Å². The number of hydrogen-bond donors (Lipinski definition) is 1. The maximum atomic E-state index is 13.3. The molecule has 1 aromatic rings. The summed E-state index contributed by atoms with van der Waals surface area (Å²) < 4.78 is 26.0. The Labute approximate surface area is 91.5 Å². The normalized spacial score (nSPS) is 23.0. The summed E-state index contributed by atoms with van der Waals surface area (Å²) >= 11 is 1.76. The average molecular weight is 230 g/mol. The van der Waals surface area contributed by atoms with Crippen molar-refractivity contribution in [1.82, 2.24) is 0 Å². The molecule has 0 amide bonds. The van der Waals surface area contributed by atoms with E-state index < -0.39 is 17.7 Å². The summed E-state index contributed by atoms with van der Waals surface area (Å²) in [6, 6.07) is 3.34. The van der Waals surface area contributed by atoms with Crippen LogP contribution in [0.2, 0.25) is 0 Å². The Morgan fingerprint density at radius 1 is 1.40 bits per heavy atom. The number of halogens is 2. The average Bonchev–Trinajstić information content (AvgIpc) is 2.69. The van der Waals surface area contributed by atoms with Crippen LogP contribution in [0.4, 0.5) is 8.78 Å². The standard InChI is InChI=1S/C11H12F2OS/c12-8-1-2-9(10(13)5-8)11(14)7-3-4-15-6-7/h1-2,5,7,11,14H,3-4,6H2. The number of aliphatic hydroxyl groups is 1. The van der Waals surface area contributed by atoms with Crippen molar-refractivity contribution in [3.63, 3.8) is 0 Å². The van der Waals surface area contributed by atoms with Crippen molar-refractivity contribution >= 4 is 11.8 Å². The third kappa shape index (κ3) is 2.32. The molecule has 82 valence electrons. The molecule has 1 saturated heterocycles. The molecule has 2 rings (SSSR count). The third-order valence-electron chi connectivity index (χ3n) is 2.69. The molecule has 0 bridgehead atoms. The number of thioether (sulfide) groups is 1. The van der Waals surface area contributed by atoms with Crippen molar-refractivity contribution in [3.8, 4) is 0 Å². The third-order valence-corrected chi connectivity index (χ3v) is 3.88. The summed E-state index contributed by atoms with van der Waals surface area (Å²) in [5.41, 5.74) is 0.212. The van der Waals surface area contributed by atoms with Crippen LogP contribution in [0.3, 0.4) is 0 Å². The van der Waals surface area contributed by atoms with E-state index in [9.17, 15) is 13.9 Å². The lowest BCUT2D eigenvalue weighted by molar-refractivity contribution is 0.117. The molecular weight excluding hydrogens is 218 g/mol. The fourth-order valence-corrected chi connectivity index (χ4v) is 3.08. The van der Waals surface area contributed by atoms with Crippen LogP contribution in [0.25, 0.3) is 0 Å². The first-order valence-electron chi connectivity index (χ1n) is 4.89.